The minimum absolute atomic E-state index is 0.431. The SMILES string of the molecule is Brc1cccn2cc(C3CCCCN3)nc12. The molecule has 1 fully saturated rings. The van der Waals surface area contributed by atoms with Gasteiger partial charge in [-0.3, -0.25) is 0 Å². The van der Waals surface area contributed by atoms with Crippen LogP contribution < -0.4 is 5.32 Å². The molecule has 0 radical (unpaired) electrons. The van der Waals surface area contributed by atoms with Gasteiger partial charge in [-0.2, -0.15) is 0 Å². The van der Waals surface area contributed by atoms with Gasteiger partial charge in [0.25, 0.3) is 0 Å². The molecule has 1 atom stereocenters. The van der Waals surface area contributed by atoms with Gasteiger partial charge in [-0.1, -0.05) is 6.42 Å². The average Bonchev–Trinajstić information content (AvgIpc) is 2.76. The monoisotopic (exact) mass is 279 g/mol. The quantitative estimate of drug-likeness (QED) is 0.870. The fraction of sp³-hybridized carbons (Fsp3) is 0.417. The Bertz CT molecular complexity index is 500. The fourth-order valence-electron chi connectivity index (χ4n) is 2.27. The Labute approximate surface area is 103 Å². The third-order valence-corrected chi connectivity index (χ3v) is 3.74. The van der Waals surface area contributed by atoms with Crippen LogP contribution >= 0.6 is 15.9 Å². The van der Waals surface area contributed by atoms with Crippen LogP contribution in [0, 0.1) is 0 Å². The minimum atomic E-state index is 0.431. The summed E-state index contributed by atoms with van der Waals surface area (Å²) in [4.78, 5) is 4.69. The van der Waals surface area contributed by atoms with E-state index in [0.717, 1.165) is 22.4 Å². The second-order valence-electron chi connectivity index (χ2n) is 4.26. The summed E-state index contributed by atoms with van der Waals surface area (Å²) in [5.74, 6) is 0. The molecule has 0 amide bonds. The molecule has 0 bridgehead atoms. The minimum Gasteiger partial charge on any atom is -0.309 e. The van der Waals surface area contributed by atoms with Crippen molar-refractivity contribution in [2.24, 2.45) is 0 Å². The second-order valence-corrected chi connectivity index (χ2v) is 5.11. The molecule has 3 rings (SSSR count). The smallest absolute Gasteiger partial charge is 0.151 e. The van der Waals surface area contributed by atoms with Gasteiger partial charge in [0.2, 0.25) is 0 Å². The molecule has 0 aliphatic carbocycles. The van der Waals surface area contributed by atoms with Gasteiger partial charge >= 0.3 is 0 Å². The summed E-state index contributed by atoms with van der Waals surface area (Å²) in [6.07, 6.45) is 7.95. The Hall–Kier alpha value is -0.870. The van der Waals surface area contributed by atoms with Crippen molar-refractivity contribution in [2.75, 3.05) is 6.54 Å². The maximum absolute atomic E-state index is 4.69. The predicted octanol–water partition coefficient (Wildman–Crippen LogP) is 2.91. The Balaban J connectivity index is 2.01. The molecule has 84 valence electrons. The van der Waals surface area contributed by atoms with Crippen molar-refractivity contribution in [3.05, 3.63) is 34.7 Å². The molecule has 0 aromatic carbocycles. The van der Waals surface area contributed by atoms with Crippen LogP contribution in [-0.2, 0) is 0 Å². The first-order chi connectivity index (χ1) is 7.84. The van der Waals surface area contributed by atoms with Crippen molar-refractivity contribution < 1.29 is 0 Å². The number of halogens is 1. The molecule has 2 aromatic heterocycles. The highest BCUT2D eigenvalue weighted by atomic mass is 79.9. The maximum Gasteiger partial charge on any atom is 0.151 e. The standard InChI is InChI=1S/C12H14BrN3/c13-9-4-3-7-16-8-11(15-12(9)16)10-5-1-2-6-14-10/h3-4,7-8,10,14H,1-2,5-6H2. The zero-order valence-electron chi connectivity index (χ0n) is 8.99. The van der Waals surface area contributed by atoms with Gasteiger partial charge in [0.1, 0.15) is 0 Å². The Kier molecular flexibility index (Phi) is 2.69. The maximum atomic E-state index is 4.69. The number of imidazole rings is 1. The van der Waals surface area contributed by atoms with Gasteiger partial charge in [0, 0.05) is 12.4 Å². The van der Waals surface area contributed by atoms with Gasteiger partial charge in [0.05, 0.1) is 16.2 Å². The van der Waals surface area contributed by atoms with Crippen LogP contribution in [0.2, 0.25) is 0 Å². The van der Waals surface area contributed by atoms with Crippen LogP contribution in [0.5, 0.6) is 0 Å². The number of nitrogens with one attached hydrogen (secondary N) is 1. The summed E-state index contributed by atoms with van der Waals surface area (Å²) in [7, 11) is 0. The first-order valence-corrected chi connectivity index (χ1v) is 6.50. The van der Waals surface area contributed by atoms with Gasteiger partial charge in [0.15, 0.2) is 5.65 Å². The van der Waals surface area contributed by atoms with Gasteiger partial charge in [-0.05, 0) is 47.4 Å². The summed E-state index contributed by atoms with van der Waals surface area (Å²) in [6.45, 7) is 1.11. The number of piperidine rings is 1. The zero-order chi connectivity index (χ0) is 11.0. The van der Waals surface area contributed by atoms with E-state index in [2.05, 4.69) is 36.8 Å². The highest BCUT2D eigenvalue weighted by Gasteiger charge is 2.17. The van der Waals surface area contributed by atoms with E-state index in [1.807, 2.05) is 18.3 Å². The van der Waals surface area contributed by atoms with Crippen LogP contribution in [0.3, 0.4) is 0 Å². The molecule has 0 saturated carbocycles. The number of rotatable bonds is 1. The number of pyridine rings is 1. The van der Waals surface area contributed by atoms with E-state index >= 15 is 0 Å². The summed E-state index contributed by atoms with van der Waals surface area (Å²) in [5.41, 5.74) is 2.16. The Morgan fingerprint density at radius 1 is 1.44 bits per heavy atom. The third-order valence-electron chi connectivity index (χ3n) is 3.12. The van der Waals surface area contributed by atoms with E-state index < -0.39 is 0 Å². The fourth-order valence-corrected chi connectivity index (χ4v) is 2.72. The molecule has 0 spiro atoms. The number of fused-ring (bicyclic) bond motifs is 1. The molecule has 1 aliphatic heterocycles. The van der Waals surface area contributed by atoms with Crippen LogP contribution in [-0.4, -0.2) is 15.9 Å². The average molecular weight is 280 g/mol. The summed E-state index contributed by atoms with van der Waals surface area (Å²) < 4.78 is 3.13. The number of hydrogen-bond acceptors (Lipinski definition) is 2. The van der Waals surface area contributed by atoms with Crippen LogP contribution in [0.4, 0.5) is 0 Å². The normalized spacial score (nSPS) is 21.4. The molecule has 1 N–H and O–H groups in total. The van der Waals surface area contributed by atoms with Crippen molar-refractivity contribution >= 4 is 21.6 Å². The first-order valence-electron chi connectivity index (χ1n) is 5.71. The van der Waals surface area contributed by atoms with Gasteiger partial charge in [-0.15, -0.1) is 0 Å². The highest BCUT2D eigenvalue weighted by Crippen LogP contribution is 2.24. The van der Waals surface area contributed by atoms with E-state index in [4.69, 9.17) is 0 Å². The van der Waals surface area contributed by atoms with Crippen LogP contribution in [0.25, 0.3) is 5.65 Å². The van der Waals surface area contributed by atoms with Crippen molar-refractivity contribution in [3.8, 4) is 0 Å². The Morgan fingerprint density at radius 3 is 3.12 bits per heavy atom. The number of hydrogen-bond donors (Lipinski definition) is 1. The highest BCUT2D eigenvalue weighted by molar-refractivity contribution is 9.10. The molecule has 16 heavy (non-hydrogen) atoms. The second kappa shape index (κ2) is 4.18. The first kappa shape index (κ1) is 10.3. The lowest BCUT2D eigenvalue weighted by Crippen LogP contribution is -2.26. The molecule has 1 aliphatic rings. The van der Waals surface area contributed by atoms with Crippen molar-refractivity contribution in [3.63, 3.8) is 0 Å². The summed E-state index contributed by atoms with van der Waals surface area (Å²) >= 11 is 3.53. The van der Waals surface area contributed by atoms with E-state index in [9.17, 15) is 0 Å². The summed E-state index contributed by atoms with van der Waals surface area (Å²) in [6, 6.07) is 4.48. The molecule has 1 unspecified atom stereocenters. The van der Waals surface area contributed by atoms with Crippen molar-refractivity contribution in [1.29, 1.82) is 0 Å². The Morgan fingerprint density at radius 2 is 2.38 bits per heavy atom. The molecular weight excluding hydrogens is 266 g/mol. The van der Waals surface area contributed by atoms with Crippen LogP contribution in [0.1, 0.15) is 31.0 Å². The zero-order valence-corrected chi connectivity index (χ0v) is 10.6. The van der Waals surface area contributed by atoms with E-state index in [1.54, 1.807) is 0 Å². The topological polar surface area (TPSA) is 29.3 Å². The largest absolute Gasteiger partial charge is 0.309 e. The van der Waals surface area contributed by atoms with Gasteiger partial charge < -0.3 is 9.72 Å². The van der Waals surface area contributed by atoms with Crippen molar-refractivity contribution in [1.82, 2.24) is 14.7 Å². The molecule has 3 nitrogen and oxygen atoms in total. The third kappa shape index (κ3) is 1.76. The van der Waals surface area contributed by atoms with E-state index in [0.29, 0.717) is 6.04 Å². The molecule has 1 saturated heterocycles. The number of nitrogens with zero attached hydrogens (tertiary/aromatic N) is 2. The van der Waals surface area contributed by atoms with E-state index in [1.165, 1.54) is 19.3 Å². The van der Waals surface area contributed by atoms with E-state index in [-0.39, 0.29) is 0 Å². The lowest BCUT2D eigenvalue weighted by Gasteiger charge is -2.21. The lowest BCUT2D eigenvalue weighted by molar-refractivity contribution is 0.406. The molecular formula is C12H14BrN3. The molecule has 4 heteroatoms. The summed E-state index contributed by atoms with van der Waals surface area (Å²) in [5, 5.41) is 3.52. The van der Waals surface area contributed by atoms with Crippen LogP contribution in [0.15, 0.2) is 29.0 Å². The van der Waals surface area contributed by atoms with Crippen molar-refractivity contribution in [2.45, 2.75) is 25.3 Å². The number of aromatic nitrogens is 2. The lowest BCUT2D eigenvalue weighted by atomic mass is 10.0. The van der Waals surface area contributed by atoms with Gasteiger partial charge in [-0.25, -0.2) is 4.98 Å². The molecule has 3 heterocycles. The molecule has 2 aromatic rings. The predicted molar refractivity (Wildman–Crippen MR) is 67.5 cm³/mol.